The van der Waals surface area contributed by atoms with Gasteiger partial charge in [0.15, 0.2) is 0 Å². The molecular formula is C13H24N4. The maximum absolute atomic E-state index is 4.19. The molecule has 0 radical (unpaired) electrons. The number of piperidine rings is 1. The highest BCUT2D eigenvalue weighted by molar-refractivity contribution is 5.00. The zero-order chi connectivity index (χ0) is 12.4. The summed E-state index contributed by atoms with van der Waals surface area (Å²) >= 11 is 0. The van der Waals surface area contributed by atoms with Gasteiger partial charge in [0.2, 0.25) is 0 Å². The Kier molecular flexibility index (Phi) is 3.84. The minimum atomic E-state index is 0.621. The van der Waals surface area contributed by atoms with Crippen molar-refractivity contribution in [1.29, 1.82) is 0 Å². The van der Waals surface area contributed by atoms with Crippen LogP contribution in [0.2, 0.25) is 0 Å². The van der Waals surface area contributed by atoms with E-state index in [0.717, 1.165) is 6.54 Å². The molecule has 0 saturated carbocycles. The first-order valence-corrected chi connectivity index (χ1v) is 6.48. The van der Waals surface area contributed by atoms with Crippen molar-refractivity contribution in [3.8, 4) is 0 Å². The molecule has 1 aromatic rings. The second-order valence-electron chi connectivity index (χ2n) is 5.44. The average molecular weight is 236 g/mol. The molecule has 1 aliphatic heterocycles. The van der Waals surface area contributed by atoms with Crippen molar-refractivity contribution in [2.75, 3.05) is 13.6 Å². The Hall–Kier alpha value is -0.870. The summed E-state index contributed by atoms with van der Waals surface area (Å²) in [5.41, 5.74) is 1.25. The predicted molar refractivity (Wildman–Crippen MR) is 69.7 cm³/mol. The smallest absolute Gasteiger partial charge is 0.0518 e. The van der Waals surface area contributed by atoms with Crippen molar-refractivity contribution >= 4 is 0 Å². The van der Waals surface area contributed by atoms with Gasteiger partial charge in [0, 0.05) is 38.4 Å². The zero-order valence-electron chi connectivity index (χ0n) is 11.3. The van der Waals surface area contributed by atoms with Gasteiger partial charge >= 0.3 is 0 Å². The SMILES string of the molecule is CC1CN(C)C(C)CC1NCc1ccnn1C. The van der Waals surface area contributed by atoms with Gasteiger partial charge < -0.3 is 10.2 Å². The van der Waals surface area contributed by atoms with Crippen LogP contribution in [0.3, 0.4) is 0 Å². The number of hydrogen-bond acceptors (Lipinski definition) is 3. The molecule has 96 valence electrons. The molecule has 1 saturated heterocycles. The monoisotopic (exact) mass is 236 g/mol. The van der Waals surface area contributed by atoms with Gasteiger partial charge in [0.25, 0.3) is 0 Å². The van der Waals surface area contributed by atoms with E-state index in [-0.39, 0.29) is 0 Å². The predicted octanol–water partition coefficient (Wildman–Crippen LogP) is 1.24. The molecule has 0 spiro atoms. The molecule has 1 aliphatic rings. The summed E-state index contributed by atoms with van der Waals surface area (Å²) in [5, 5.41) is 7.87. The van der Waals surface area contributed by atoms with E-state index in [9.17, 15) is 0 Å². The molecule has 2 rings (SSSR count). The second-order valence-corrected chi connectivity index (χ2v) is 5.44. The van der Waals surface area contributed by atoms with E-state index in [1.54, 1.807) is 0 Å². The van der Waals surface area contributed by atoms with Crippen molar-refractivity contribution in [2.24, 2.45) is 13.0 Å². The van der Waals surface area contributed by atoms with Crippen LogP contribution in [0.5, 0.6) is 0 Å². The molecule has 3 unspecified atom stereocenters. The van der Waals surface area contributed by atoms with Crippen LogP contribution in [0.25, 0.3) is 0 Å². The summed E-state index contributed by atoms with van der Waals surface area (Å²) in [5.74, 6) is 0.712. The molecule has 4 nitrogen and oxygen atoms in total. The number of nitrogens with zero attached hydrogens (tertiary/aromatic N) is 3. The zero-order valence-corrected chi connectivity index (χ0v) is 11.3. The first kappa shape index (κ1) is 12.6. The van der Waals surface area contributed by atoms with Crippen LogP contribution >= 0.6 is 0 Å². The van der Waals surface area contributed by atoms with E-state index in [1.807, 2.05) is 17.9 Å². The quantitative estimate of drug-likeness (QED) is 0.857. The summed E-state index contributed by atoms with van der Waals surface area (Å²) in [6.45, 7) is 6.75. The Morgan fingerprint density at radius 3 is 2.82 bits per heavy atom. The van der Waals surface area contributed by atoms with Crippen LogP contribution in [0, 0.1) is 5.92 Å². The van der Waals surface area contributed by atoms with E-state index in [4.69, 9.17) is 0 Å². The third kappa shape index (κ3) is 2.87. The highest BCUT2D eigenvalue weighted by atomic mass is 15.3. The molecule has 1 fully saturated rings. The maximum Gasteiger partial charge on any atom is 0.0518 e. The number of aromatic nitrogens is 2. The maximum atomic E-state index is 4.19. The molecule has 0 bridgehead atoms. The van der Waals surface area contributed by atoms with Gasteiger partial charge in [-0.2, -0.15) is 5.10 Å². The average Bonchev–Trinajstić information content (AvgIpc) is 2.68. The van der Waals surface area contributed by atoms with Crippen molar-refractivity contribution in [3.63, 3.8) is 0 Å². The van der Waals surface area contributed by atoms with Crippen LogP contribution in [0.15, 0.2) is 12.3 Å². The first-order chi connectivity index (χ1) is 8.08. The van der Waals surface area contributed by atoms with Crippen molar-refractivity contribution in [1.82, 2.24) is 20.0 Å². The molecule has 0 aromatic carbocycles. The lowest BCUT2D eigenvalue weighted by Crippen LogP contribution is -2.50. The number of nitrogens with one attached hydrogen (secondary N) is 1. The molecule has 1 N–H and O–H groups in total. The fourth-order valence-electron chi connectivity index (χ4n) is 2.64. The van der Waals surface area contributed by atoms with E-state index >= 15 is 0 Å². The number of aryl methyl sites for hydroxylation is 1. The largest absolute Gasteiger partial charge is 0.308 e. The molecule has 0 aliphatic carbocycles. The van der Waals surface area contributed by atoms with Crippen molar-refractivity contribution in [2.45, 2.75) is 38.9 Å². The Balaban J connectivity index is 1.89. The molecule has 2 heterocycles. The van der Waals surface area contributed by atoms with Crippen LogP contribution in [0.1, 0.15) is 26.0 Å². The normalized spacial score (nSPS) is 30.7. The number of hydrogen-bond donors (Lipinski definition) is 1. The second kappa shape index (κ2) is 5.19. The molecule has 0 amide bonds. The lowest BCUT2D eigenvalue weighted by Gasteiger charge is -2.40. The lowest BCUT2D eigenvalue weighted by molar-refractivity contribution is 0.121. The Bertz CT molecular complexity index is 360. The van der Waals surface area contributed by atoms with Crippen LogP contribution in [0.4, 0.5) is 0 Å². The molecule has 3 atom stereocenters. The van der Waals surface area contributed by atoms with E-state index in [2.05, 4.69) is 42.3 Å². The topological polar surface area (TPSA) is 33.1 Å². The van der Waals surface area contributed by atoms with Gasteiger partial charge in [-0.3, -0.25) is 4.68 Å². The number of rotatable bonds is 3. The first-order valence-electron chi connectivity index (χ1n) is 6.48. The third-order valence-corrected chi connectivity index (χ3v) is 4.08. The number of likely N-dealkylation sites (tertiary alicyclic amines) is 1. The van der Waals surface area contributed by atoms with Gasteiger partial charge in [-0.15, -0.1) is 0 Å². The molecule has 17 heavy (non-hydrogen) atoms. The molecule has 4 heteroatoms. The van der Waals surface area contributed by atoms with E-state index in [0.29, 0.717) is 18.0 Å². The summed E-state index contributed by atoms with van der Waals surface area (Å²) in [6, 6.07) is 3.38. The summed E-state index contributed by atoms with van der Waals surface area (Å²) in [7, 11) is 4.22. The lowest BCUT2D eigenvalue weighted by atomic mass is 9.90. The Morgan fingerprint density at radius 1 is 1.41 bits per heavy atom. The van der Waals surface area contributed by atoms with Gasteiger partial charge in [0.1, 0.15) is 0 Å². The van der Waals surface area contributed by atoms with Gasteiger partial charge in [-0.05, 0) is 32.4 Å². The summed E-state index contributed by atoms with van der Waals surface area (Å²) in [6.07, 6.45) is 3.09. The minimum absolute atomic E-state index is 0.621. The van der Waals surface area contributed by atoms with E-state index < -0.39 is 0 Å². The standard InChI is InChI=1S/C13H24N4/c1-10-9-16(3)11(2)7-13(10)14-8-12-5-6-15-17(12)4/h5-6,10-11,13-14H,7-9H2,1-4H3. The highest BCUT2D eigenvalue weighted by Crippen LogP contribution is 2.20. The molecule has 1 aromatic heterocycles. The van der Waals surface area contributed by atoms with Crippen LogP contribution in [-0.2, 0) is 13.6 Å². The van der Waals surface area contributed by atoms with E-state index in [1.165, 1.54) is 18.7 Å². The van der Waals surface area contributed by atoms with Crippen LogP contribution in [-0.4, -0.2) is 40.4 Å². The Morgan fingerprint density at radius 2 is 2.18 bits per heavy atom. The van der Waals surface area contributed by atoms with Gasteiger partial charge in [-0.1, -0.05) is 6.92 Å². The fourth-order valence-corrected chi connectivity index (χ4v) is 2.64. The van der Waals surface area contributed by atoms with Crippen molar-refractivity contribution in [3.05, 3.63) is 18.0 Å². The van der Waals surface area contributed by atoms with Crippen LogP contribution < -0.4 is 5.32 Å². The summed E-state index contributed by atoms with van der Waals surface area (Å²) in [4.78, 5) is 2.45. The highest BCUT2D eigenvalue weighted by Gasteiger charge is 2.28. The minimum Gasteiger partial charge on any atom is -0.308 e. The third-order valence-electron chi connectivity index (χ3n) is 4.08. The Labute approximate surface area is 104 Å². The van der Waals surface area contributed by atoms with Gasteiger partial charge in [-0.25, -0.2) is 0 Å². The summed E-state index contributed by atoms with van der Waals surface area (Å²) < 4.78 is 1.94. The van der Waals surface area contributed by atoms with Crippen molar-refractivity contribution < 1.29 is 0 Å². The fraction of sp³-hybridized carbons (Fsp3) is 0.769. The van der Waals surface area contributed by atoms with Gasteiger partial charge in [0.05, 0.1) is 5.69 Å². The molecular weight excluding hydrogens is 212 g/mol.